The first-order valence-corrected chi connectivity index (χ1v) is 13.5. The van der Waals surface area contributed by atoms with Crippen molar-refractivity contribution in [1.29, 1.82) is 0 Å². The number of nitrogens with zero attached hydrogens (tertiary/aromatic N) is 2. The highest BCUT2D eigenvalue weighted by atomic mass is 16.5. The van der Waals surface area contributed by atoms with Crippen molar-refractivity contribution in [2.24, 2.45) is 0 Å². The van der Waals surface area contributed by atoms with E-state index in [0.717, 1.165) is 58.4 Å². The second kappa shape index (κ2) is 11.2. The number of methoxy groups -OCH3 is 1. The van der Waals surface area contributed by atoms with Crippen LogP contribution < -0.4 is 14.5 Å². The fourth-order valence-electron chi connectivity index (χ4n) is 5.49. The van der Waals surface area contributed by atoms with Gasteiger partial charge in [0, 0.05) is 43.5 Å². The van der Waals surface area contributed by atoms with Crippen LogP contribution in [0, 0.1) is 0 Å². The Hall–Kier alpha value is -3.02. The summed E-state index contributed by atoms with van der Waals surface area (Å²) in [7, 11) is 1.72. The van der Waals surface area contributed by atoms with E-state index in [-0.39, 0.29) is 11.3 Å². The van der Waals surface area contributed by atoms with Crippen LogP contribution in [0.15, 0.2) is 66.7 Å². The lowest BCUT2D eigenvalue weighted by atomic mass is 9.79. The topological polar surface area (TPSA) is 34.2 Å². The van der Waals surface area contributed by atoms with Gasteiger partial charge in [0.1, 0.15) is 5.75 Å². The molecule has 2 fully saturated rings. The highest BCUT2D eigenvalue weighted by Crippen LogP contribution is 2.39. The zero-order valence-electron chi connectivity index (χ0n) is 22.7. The van der Waals surface area contributed by atoms with Gasteiger partial charge in [-0.05, 0) is 58.0 Å². The van der Waals surface area contributed by atoms with Crippen LogP contribution in [-0.4, -0.2) is 59.7 Å². The average molecular weight is 501 g/mol. The predicted octanol–water partition coefficient (Wildman–Crippen LogP) is 5.85. The van der Waals surface area contributed by atoms with Gasteiger partial charge in [-0.15, -0.1) is 0 Å². The minimum absolute atomic E-state index is 0.0221. The van der Waals surface area contributed by atoms with Gasteiger partial charge >= 0.3 is 0 Å². The van der Waals surface area contributed by atoms with Crippen LogP contribution in [0.1, 0.15) is 48.9 Å². The van der Waals surface area contributed by atoms with Crippen LogP contribution in [0.4, 0.5) is 11.4 Å². The molecular formula is C32H40N2O3. The molecule has 0 radical (unpaired) electrons. The minimum atomic E-state index is 0.0221. The van der Waals surface area contributed by atoms with E-state index in [9.17, 15) is 0 Å². The minimum Gasteiger partial charge on any atom is -0.497 e. The third-order valence-corrected chi connectivity index (χ3v) is 7.57. The number of anilines is 2. The molecule has 2 aliphatic rings. The summed E-state index contributed by atoms with van der Waals surface area (Å²) in [5.41, 5.74) is 7.87. The van der Waals surface area contributed by atoms with Gasteiger partial charge in [-0.1, -0.05) is 57.2 Å². The first-order valence-electron chi connectivity index (χ1n) is 13.5. The molecular weight excluding hydrogens is 460 g/mol. The molecule has 0 N–H and O–H groups in total. The summed E-state index contributed by atoms with van der Waals surface area (Å²) in [5, 5.41) is 0. The van der Waals surface area contributed by atoms with Crippen LogP contribution in [0.5, 0.6) is 5.75 Å². The van der Waals surface area contributed by atoms with E-state index in [1.807, 2.05) is 0 Å². The molecule has 0 spiro atoms. The molecule has 196 valence electrons. The normalized spacial score (nSPS) is 17.5. The molecule has 0 saturated carbocycles. The highest BCUT2D eigenvalue weighted by molar-refractivity contribution is 5.60. The molecule has 0 aromatic heterocycles. The van der Waals surface area contributed by atoms with Crippen LogP contribution in [0.25, 0.3) is 0 Å². The third kappa shape index (κ3) is 5.78. The second-order valence-corrected chi connectivity index (χ2v) is 11.0. The Kier molecular flexibility index (Phi) is 7.73. The fraction of sp³-hybridized carbons (Fsp3) is 0.438. The first-order chi connectivity index (χ1) is 17.9. The van der Waals surface area contributed by atoms with Gasteiger partial charge in [-0.2, -0.15) is 0 Å². The van der Waals surface area contributed by atoms with Gasteiger partial charge in [-0.25, -0.2) is 0 Å². The van der Waals surface area contributed by atoms with Gasteiger partial charge in [-0.3, -0.25) is 0 Å². The molecule has 3 aromatic carbocycles. The molecule has 5 heteroatoms. The molecule has 37 heavy (non-hydrogen) atoms. The Morgan fingerprint density at radius 1 is 0.676 bits per heavy atom. The molecule has 0 bridgehead atoms. The number of morpholine rings is 2. The van der Waals surface area contributed by atoms with E-state index >= 15 is 0 Å². The maximum Gasteiger partial charge on any atom is 0.118 e. The van der Waals surface area contributed by atoms with E-state index in [1.165, 1.54) is 33.6 Å². The Balaban J connectivity index is 1.56. The predicted molar refractivity (Wildman–Crippen MR) is 152 cm³/mol. The van der Waals surface area contributed by atoms with Crippen molar-refractivity contribution in [2.75, 3.05) is 69.5 Å². The average Bonchev–Trinajstić information content (AvgIpc) is 2.94. The lowest BCUT2D eigenvalue weighted by Crippen LogP contribution is -2.37. The molecule has 1 unspecified atom stereocenters. The van der Waals surface area contributed by atoms with Crippen molar-refractivity contribution in [1.82, 2.24) is 0 Å². The number of ether oxygens (including phenoxy) is 3. The molecule has 5 rings (SSSR count). The van der Waals surface area contributed by atoms with Crippen molar-refractivity contribution < 1.29 is 14.2 Å². The number of benzene rings is 3. The summed E-state index contributed by atoms with van der Waals surface area (Å²) < 4.78 is 16.6. The Morgan fingerprint density at radius 3 is 1.73 bits per heavy atom. The fourth-order valence-corrected chi connectivity index (χ4v) is 5.49. The molecule has 2 heterocycles. The maximum absolute atomic E-state index is 5.63. The molecule has 2 saturated heterocycles. The summed E-state index contributed by atoms with van der Waals surface area (Å²) in [6.45, 7) is 13.9. The monoisotopic (exact) mass is 500 g/mol. The summed E-state index contributed by atoms with van der Waals surface area (Å²) in [6, 6.07) is 24.8. The summed E-state index contributed by atoms with van der Waals surface area (Å²) in [4.78, 5) is 4.89. The number of hydrogen-bond donors (Lipinski definition) is 0. The smallest absolute Gasteiger partial charge is 0.118 e. The number of hydrogen-bond acceptors (Lipinski definition) is 5. The van der Waals surface area contributed by atoms with Gasteiger partial charge < -0.3 is 24.0 Å². The molecule has 2 aliphatic heterocycles. The summed E-state index contributed by atoms with van der Waals surface area (Å²) >= 11 is 0. The lowest BCUT2D eigenvalue weighted by Gasteiger charge is -2.35. The Labute approximate surface area is 222 Å². The standard InChI is InChI=1S/C32H40N2O3/c1-32(2,3)29-23-26(9-14-30(29)34-17-21-37-22-18-34)31(25-7-12-28(35-4)13-8-25)24-5-10-27(11-6-24)33-15-19-36-20-16-33/h5-14,23,31H,15-22H2,1-4H3. The van der Waals surface area contributed by atoms with Crippen LogP contribution in [0.2, 0.25) is 0 Å². The quantitative estimate of drug-likeness (QED) is 0.397. The van der Waals surface area contributed by atoms with Crippen molar-refractivity contribution in [3.05, 3.63) is 89.0 Å². The van der Waals surface area contributed by atoms with E-state index in [4.69, 9.17) is 14.2 Å². The SMILES string of the molecule is COc1ccc(C(c2ccc(N3CCOCC3)cc2)c2ccc(N3CCOCC3)c(C(C)(C)C)c2)cc1. The van der Waals surface area contributed by atoms with Crippen molar-refractivity contribution >= 4 is 11.4 Å². The van der Waals surface area contributed by atoms with E-state index < -0.39 is 0 Å². The van der Waals surface area contributed by atoms with E-state index in [2.05, 4.69) is 97.3 Å². The second-order valence-electron chi connectivity index (χ2n) is 11.0. The molecule has 1 atom stereocenters. The van der Waals surface area contributed by atoms with Gasteiger partial charge in [0.15, 0.2) is 0 Å². The van der Waals surface area contributed by atoms with E-state index in [1.54, 1.807) is 7.11 Å². The van der Waals surface area contributed by atoms with Crippen LogP contribution in [0.3, 0.4) is 0 Å². The zero-order chi connectivity index (χ0) is 25.8. The van der Waals surface area contributed by atoms with Gasteiger partial charge in [0.05, 0.1) is 33.5 Å². The summed E-state index contributed by atoms with van der Waals surface area (Å²) in [5.74, 6) is 1.01. The first kappa shape index (κ1) is 25.6. The van der Waals surface area contributed by atoms with Crippen molar-refractivity contribution in [2.45, 2.75) is 32.1 Å². The maximum atomic E-state index is 5.63. The Morgan fingerprint density at radius 2 is 1.19 bits per heavy atom. The van der Waals surface area contributed by atoms with Crippen LogP contribution >= 0.6 is 0 Å². The zero-order valence-corrected chi connectivity index (χ0v) is 22.7. The van der Waals surface area contributed by atoms with Gasteiger partial charge in [0.2, 0.25) is 0 Å². The van der Waals surface area contributed by atoms with Crippen molar-refractivity contribution in [3.8, 4) is 5.75 Å². The highest BCUT2D eigenvalue weighted by Gasteiger charge is 2.26. The van der Waals surface area contributed by atoms with Crippen LogP contribution in [-0.2, 0) is 14.9 Å². The lowest BCUT2D eigenvalue weighted by molar-refractivity contribution is 0.122. The summed E-state index contributed by atoms with van der Waals surface area (Å²) in [6.07, 6.45) is 0. The molecule has 5 nitrogen and oxygen atoms in total. The largest absolute Gasteiger partial charge is 0.497 e. The molecule has 3 aromatic rings. The van der Waals surface area contributed by atoms with Gasteiger partial charge in [0.25, 0.3) is 0 Å². The third-order valence-electron chi connectivity index (χ3n) is 7.57. The molecule has 0 aliphatic carbocycles. The van der Waals surface area contributed by atoms with E-state index in [0.29, 0.717) is 0 Å². The van der Waals surface area contributed by atoms with Crippen molar-refractivity contribution in [3.63, 3.8) is 0 Å². The number of rotatable bonds is 6. The Bertz CT molecular complexity index is 1160. The molecule has 0 amide bonds.